The first-order valence-corrected chi connectivity index (χ1v) is 9.38. The van der Waals surface area contributed by atoms with Crippen molar-refractivity contribution in [3.63, 3.8) is 0 Å². The van der Waals surface area contributed by atoms with Crippen molar-refractivity contribution >= 4 is 17.9 Å². The van der Waals surface area contributed by atoms with Crippen LogP contribution in [0.5, 0.6) is 0 Å². The van der Waals surface area contributed by atoms with Gasteiger partial charge >= 0.3 is 7.82 Å². The number of unbranched alkanes of at least 4 members (excludes halogenated alkanes) is 3. The summed E-state index contributed by atoms with van der Waals surface area (Å²) in [6.07, 6.45) is 2.38. The molecule has 0 fully saturated rings. The average molecular weight is 318 g/mol. The number of hydrogen-bond donors (Lipinski definition) is 1. The molecule has 0 atom stereocenters. The molecule has 7 nitrogen and oxygen atoms in total. The molecule has 0 saturated carbocycles. The average Bonchev–Trinajstić information content (AvgIpc) is 2.27. The SMILES string of the molecule is CCOP(=O)(OCC)OCCCCCCS(=O)(=O)O. The van der Waals surface area contributed by atoms with Gasteiger partial charge in [-0.25, -0.2) is 4.57 Å². The van der Waals surface area contributed by atoms with E-state index in [4.69, 9.17) is 18.1 Å². The largest absolute Gasteiger partial charge is 0.474 e. The molecule has 0 unspecified atom stereocenters. The third kappa shape index (κ3) is 11.5. The Bertz CT molecular complexity index is 358. The zero-order chi connectivity index (χ0) is 14.8. The van der Waals surface area contributed by atoms with Crippen molar-refractivity contribution in [2.45, 2.75) is 39.5 Å². The number of rotatable bonds is 12. The van der Waals surface area contributed by atoms with Crippen molar-refractivity contribution in [1.29, 1.82) is 0 Å². The van der Waals surface area contributed by atoms with E-state index in [1.165, 1.54) is 0 Å². The lowest BCUT2D eigenvalue weighted by atomic mass is 10.2. The van der Waals surface area contributed by atoms with Crippen LogP contribution in [0.1, 0.15) is 39.5 Å². The number of phosphoric ester groups is 1. The van der Waals surface area contributed by atoms with E-state index in [1.807, 2.05) is 0 Å². The first kappa shape index (κ1) is 19.0. The molecule has 0 rings (SSSR count). The predicted molar refractivity (Wildman–Crippen MR) is 71.7 cm³/mol. The molecule has 0 aliphatic carbocycles. The van der Waals surface area contributed by atoms with E-state index in [9.17, 15) is 13.0 Å². The van der Waals surface area contributed by atoms with Gasteiger partial charge in [0.2, 0.25) is 0 Å². The lowest BCUT2D eigenvalue weighted by molar-refractivity contribution is 0.120. The highest BCUT2D eigenvalue weighted by atomic mass is 32.2. The second-order valence-electron chi connectivity index (χ2n) is 3.82. The summed E-state index contributed by atoms with van der Waals surface area (Å²) >= 11 is 0. The molecule has 0 aromatic rings. The summed E-state index contributed by atoms with van der Waals surface area (Å²) in [5, 5.41) is 0. The van der Waals surface area contributed by atoms with Crippen molar-refractivity contribution in [3.8, 4) is 0 Å². The predicted octanol–water partition coefficient (Wildman–Crippen LogP) is 2.63. The summed E-state index contributed by atoms with van der Waals surface area (Å²) in [6.45, 7) is 4.11. The summed E-state index contributed by atoms with van der Waals surface area (Å²) in [5.74, 6) is -0.232. The van der Waals surface area contributed by atoms with Crippen molar-refractivity contribution < 1.29 is 31.1 Å². The molecule has 1 N–H and O–H groups in total. The summed E-state index contributed by atoms with van der Waals surface area (Å²) < 4.78 is 56.3. The summed E-state index contributed by atoms with van der Waals surface area (Å²) in [5.41, 5.74) is 0. The maximum Gasteiger partial charge on any atom is 0.474 e. The molecular formula is C10H23O7PS. The monoisotopic (exact) mass is 318 g/mol. The quantitative estimate of drug-likeness (QED) is 0.335. The van der Waals surface area contributed by atoms with Crippen LogP contribution in [0.15, 0.2) is 0 Å². The van der Waals surface area contributed by atoms with Crippen LogP contribution in [-0.4, -0.2) is 38.5 Å². The molecule has 0 bridgehead atoms. The van der Waals surface area contributed by atoms with Gasteiger partial charge in [0.25, 0.3) is 10.1 Å². The third-order valence-electron chi connectivity index (χ3n) is 2.12. The Hall–Kier alpha value is 0.0200. The Kier molecular flexibility index (Phi) is 9.86. The third-order valence-corrected chi connectivity index (χ3v) is 4.57. The molecule has 19 heavy (non-hydrogen) atoms. The zero-order valence-corrected chi connectivity index (χ0v) is 13.1. The van der Waals surface area contributed by atoms with Crippen LogP contribution in [0.3, 0.4) is 0 Å². The molecule has 0 aromatic carbocycles. The fourth-order valence-electron chi connectivity index (χ4n) is 1.34. The molecular weight excluding hydrogens is 295 g/mol. The van der Waals surface area contributed by atoms with Gasteiger partial charge in [0.15, 0.2) is 0 Å². The van der Waals surface area contributed by atoms with Gasteiger partial charge in [-0.05, 0) is 26.7 Å². The van der Waals surface area contributed by atoms with E-state index >= 15 is 0 Å². The van der Waals surface area contributed by atoms with Crippen LogP contribution in [-0.2, 0) is 28.3 Å². The first-order chi connectivity index (χ1) is 8.83. The minimum Gasteiger partial charge on any atom is -0.287 e. The number of phosphoric acid groups is 1. The lowest BCUT2D eigenvalue weighted by Gasteiger charge is -2.16. The van der Waals surface area contributed by atoms with Gasteiger partial charge in [0.1, 0.15) is 0 Å². The molecule has 9 heteroatoms. The Labute approximate surface area is 115 Å². The summed E-state index contributed by atoms with van der Waals surface area (Å²) in [6, 6.07) is 0. The maximum absolute atomic E-state index is 11.9. The van der Waals surface area contributed by atoms with Gasteiger partial charge < -0.3 is 0 Å². The van der Waals surface area contributed by atoms with Gasteiger partial charge in [-0.2, -0.15) is 8.42 Å². The highest BCUT2D eigenvalue weighted by Gasteiger charge is 2.24. The molecule has 0 amide bonds. The van der Waals surface area contributed by atoms with Crippen LogP contribution >= 0.6 is 7.82 Å². The smallest absolute Gasteiger partial charge is 0.287 e. The van der Waals surface area contributed by atoms with Crippen molar-refractivity contribution in [2.24, 2.45) is 0 Å². The molecule has 0 saturated heterocycles. The summed E-state index contributed by atoms with van der Waals surface area (Å²) in [4.78, 5) is 0. The van der Waals surface area contributed by atoms with E-state index < -0.39 is 17.9 Å². The van der Waals surface area contributed by atoms with Gasteiger partial charge in [-0.15, -0.1) is 0 Å². The van der Waals surface area contributed by atoms with Crippen LogP contribution in [0, 0.1) is 0 Å². The molecule has 0 aliphatic heterocycles. The van der Waals surface area contributed by atoms with Crippen molar-refractivity contribution in [1.82, 2.24) is 0 Å². The Balaban J connectivity index is 3.69. The van der Waals surface area contributed by atoms with Gasteiger partial charge in [0, 0.05) is 0 Å². The van der Waals surface area contributed by atoms with E-state index in [2.05, 4.69) is 0 Å². The second-order valence-corrected chi connectivity index (χ2v) is 7.06. The van der Waals surface area contributed by atoms with Crippen molar-refractivity contribution in [3.05, 3.63) is 0 Å². The van der Waals surface area contributed by atoms with E-state index in [-0.39, 0.29) is 25.6 Å². The lowest BCUT2D eigenvalue weighted by Crippen LogP contribution is -2.04. The summed E-state index contributed by atoms with van der Waals surface area (Å²) in [7, 11) is -7.31. The fourth-order valence-corrected chi connectivity index (χ4v) is 3.12. The van der Waals surface area contributed by atoms with Crippen LogP contribution in [0.25, 0.3) is 0 Å². The van der Waals surface area contributed by atoms with Gasteiger partial charge in [-0.1, -0.05) is 12.8 Å². The minimum atomic E-state index is -3.87. The first-order valence-electron chi connectivity index (χ1n) is 6.32. The van der Waals surface area contributed by atoms with E-state index in [1.54, 1.807) is 13.8 Å². The Morgan fingerprint density at radius 1 is 0.947 bits per heavy atom. The standard InChI is InChI=1S/C10H23O7PS/c1-3-15-18(11,16-4-2)17-9-7-5-6-8-10-19(12,13)14/h3-10H2,1-2H3,(H,12,13,14). The Morgan fingerprint density at radius 3 is 1.95 bits per heavy atom. The molecule has 0 aromatic heterocycles. The van der Waals surface area contributed by atoms with Gasteiger partial charge in [-0.3, -0.25) is 18.1 Å². The maximum atomic E-state index is 11.9. The van der Waals surface area contributed by atoms with Crippen LogP contribution in [0.2, 0.25) is 0 Å². The molecule has 0 radical (unpaired) electrons. The zero-order valence-electron chi connectivity index (χ0n) is 11.4. The van der Waals surface area contributed by atoms with Crippen LogP contribution in [0.4, 0.5) is 0 Å². The van der Waals surface area contributed by atoms with E-state index in [0.717, 1.165) is 0 Å². The highest BCUT2D eigenvalue weighted by Crippen LogP contribution is 2.49. The van der Waals surface area contributed by atoms with Crippen molar-refractivity contribution in [2.75, 3.05) is 25.6 Å². The molecule has 0 heterocycles. The van der Waals surface area contributed by atoms with Gasteiger partial charge in [0.05, 0.1) is 25.6 Å². The molecule has 116 valence electrons. The topological polar surface area (TPSA) is 99.1 Å². The number of hydrogen-bond acceptors (Lipinski definition) is 6. The molecule has 0 aliphatic rings. The molecule has 0 spiro atoms. The highest BCUT2D eigenvalue weighted by molar-refractivity contribution is 7.85. The minimum absolute atomic E-state index is 0.225. The fraction of sp³-hybridized carbons (Fsp3) is 1.00. The normalized spacial score (nSPS) is 12.8. The van der Waals surface area contributed by atoms with E-state index in [0.29, 0.717) is 25.7 Å². The Morgan fingerprint density at radius 2 is 1.47 bits per heavy atom. The second kappa shape index (κ2) is 9.85. The van der Waals surface area contributed by atoms with Crippen LogP contribution < -0.4 is 0 Å².